The molecule has 1 unspecified atom stereocenters. The van der Waals surface area contributed by atoms with Crippen LogP contribution in [0.15, 0.2) is 47.5 Å². The number of hydrogen-bond acceptors (Lipinski definition) is 5. The summed E-state index contributed by atoms with van der Waals surface area (Å²) in [5, 5.41) is 33.8. The molecule has 1 aliphatic rings. The molecule has 0 bridgehead atoms. The summed E-state index contributed by atoms with van der Waals surface area (Å²) in [7, 11) is 0. The number of phenols is 1. The molecule has 2 aromatic rings. The summed E-state index contributed by atoms with van der Waals surface area (Å²) < 4.78 is 0. The molecule has 0 spiro atoms. The SMILES string of the molecule is [O-]N(O)c1cccc(C2=NC(=S)NC(c3cc(Cl)ccc3O)C2)c1. The van der Waals surface area contributed by atoms with Gasteiger partial charge in [0.2, 0.25) is 0 Å². The Bertz CT molecular complexity index is 826. The predicted molar refractivity (Wildman–Crippen MR) is 96.8 cm³/mol. The maximum Gasteiger partial charge on any atom is 0.193 e. The average Bonchev–Trinajstić information content (AvgIpc) is 2.56. The van der Waals surface area contributed by atoms with E-state index in [2.05, 4.69) is 10.3 Å². The van der Waals surface area contributed by atoms with Crippen molar-refractivity contribution < 1.29 is 10.3 Å². The highest BCUT2D eigenvalue weighted by Gasteiger charge is 2.24. The number of benzene rings is 2. The maximum atomic E-state index is 11.1. The monoisotopic (exact) mass is 362 g/mol. The van der Waals surface area contributed by atoms with Crippen molar-refractivity contribution in [3.8, 4) is 5.75 Å². The molecule has 0 saturated heterocycles. The van der Waals surface area contributed by atoms with Crippen LogP contribution in [0.2, 0.25) is 5.02 Å². The van der Waals surface area contributed by atoms with E-state index < -0.39 is 0 Å². The third-order valence-corrected chi connectivity index (χ3v) is 4.14. The van der Waals surface area contributed by atoms with E-state index >= 15 is 0 Å². The van der Waals surface area contributed by atoms with Crippen LogP contribution in [0.25, 0.3) is 0 Å². The molecule has 6 nitrogen and oxygen atoms in total. The van der Waals surface area contributed by atoms with Crippen molar-refractivity contribution in [2.75, 3.05) is 5.23 Å². The number of nitrogens with zero attached hydrogens (tertiary/aromatic N) is 2. The Morgan fingerprint density at radius 3 is 2.83 bits per heavy atom. The van der Waals surface area contributed by atoms with E-state index in [-0.39, 0.29) is 27.8 Å². The van der Waals surface area contributed by atoms with Crippen LogP contribution >= 0.6 is 23.8 Å². The van der Waals surface area contributed by atoms with Crippen LogP contribution < -0.4 is 10.5 Å². The Morgan fingerprint density at radius 2 is 2.08 bits per heavy atom. The van der Waals surface area contributed by atoms with Crippen molar-refractivity contribution in [3.05, 3.63) is 63.8 Å². The van der Waals surface area contributed by atoms with Gasteiger partial charge in [0.15, 0.2) is 5.11 Å². The maximum absolute atomic E-state index is 11.1. The van der Waals surface area contributed by atoms with Gasteiger partial charge in [-0.25, -0.2) is 4.99 Å². The summed E-state index contributed by atoms with van der Waals surface area (Å²) >= 11 is 11.2. The van der Waals surface area contributed by atoms with Crippen LogP contribution in [-0.2, 0) is 0 Å². The molecule has 8 heteroatoms. The van der Waals surface area contributed by atoms with E-state index in [1.165, 1.54) is 18.2 Å². The molecule has 24 heavy (non-hydrogen) atoms. The van der Waals surface area contributed by atoms with Crippen LogP contribution in [0, 0.1) is 5.21 Å². The van der Waals surface area contributed by atoms with Crippen LogP contribution in [0.3, 0.4) is 0 Å². The minimum absolute atomic E-state index is 0.0989. The van der Waals surface area contributed by atoms with Crippen LogP contribution in [0.1, 0.15) is 23.6 Å². The first kappa shape index (κ1) is 16.7. The zero-order valence-electron chi connectivity index (χ0n) is 12.3. The number of rotatable bonds is 3. The van der Waals surface area contributed by atoms with Gasteiger partial charge in [-0.2, -0.15) is 0 Å². The van der Waals surface area contributed by atoms with E-state index in [0.29, 0.717) is 28.3 Å². The minimum Gasteiger partial charge on any atom is -0.733 e. The molecule has 3 N–H and O–H groups in total. The number of nitrogens with one attached hydrogen (secondary N) is 1. The molecule has 0 saturated carbocycles. The zero-order valence-corrected chi connectivity index (χ0v) is 13.9. The van der Waals surface area contributed by atoms with Gasteiger partial charge in [-0.1, -0.05) is 23.7 Å². The first-order valence-electron chi connectivity index (χ1n) is 7.07. The molecule has 0 radical (unpaired) electrons. The van der Waals surface area contributed by atoms with E-state index in [9.17, 15) is 10.3 Å². The topological polar surface area (TPSA) is 91.2 Å². The lowest BCUT2D eigenvalue weighted by Gasteiger charge is -2.27. The molecule has 0 fully saturated rings. The van der Waals surface area contributed by atoms with E-state index in [0.717, 1.165) is 0 Å². The number of phenolic OH excluding ortho intramolecular Hbond substituents is 1. The summed E-state index contributed by atoms with van der Waals surface area (Å²) in [6.07, 6.45) is 0.432. The quantitative estimate of drug-likeness (QED) is 0.571. The van der Waals surface area contributed by atoms with Crippen molar-refractivity contribution in [3.63, 3.8) is 0 Å². The van der Waals surface area contributed by atoms with Gasteiger partial charge in [0.1, 0.15) is 5.75 Å². The molecule has 0 aromatic heterocycles. The second kappa shape index (κ2) is 6.74. The lowest BCUT2D eigenvalue weighted by atomic mass is 9.95. The van der Waals surface area contributed by atoms with Crippen molar-refractivity contribution in [1.82, 2.24) is 5.32 Å². The predicted octanol–water partition coefficient (Wildman–Crippen LogP) is 3.55. The fourth-order valence-corrected chi connectivity index (χ4v) is 3.01. The summed E-state index contributed by atoms with van der Waals surface area (Å²) in [6.45, 7) is 0. The molecular formula is C16H13ClN3O3S-. The summed E-state index contributed by atoms with van der Waals surface area (Å²) in [5.41, 5.74) is 2.02. The molecule has 1 heterocycles. The number of halogens is 1. The van der Waals surface area contributed by atoms with Gasteiger partial charge in [-0.15, -0.1) is 0 Å². The normalized spacial score (nSPS) is 17.2. The van der Waals surface area contributed by atoms with Gasteiger partial charge in [-0.3, -0.25) is 5.21 Å². The molecule has 124 valence electrons. The zero-order chi connectivity index (χ0) is 17.3. The van der Waals surface area contributed by atoms with E-state index in [1.807, 2.05) is 0 Å². The summed E-state index contributed by atoms with van der Waals surface area (Å²) in [4.78, 5) is 4.30. The molecule has 2 aromatic carbocycles. The number of aromatic hydroxyl groups is 1. The van der Waals surface area contributed by atoms with E-state index in [1.54, 1.807) is 24.3 Å². The van der Waals surface area contributed by atoms with Gasteiger partial charge in [0.05, 0.1) is 17.4 Å². The molecule has 0 amide bonds. The lowest BCUT2D eigenvalue weighted by molar-refractivity contribution is 0.296. The van der Waals surface area contributed by atoms with Gasteiger partial charge in [-0.05, 0) is 48.1 Å². The fourth-order valence-electron chi connectivity index (χ4n) is 2.57. The van der Waals surface area contributed by atoms with Crippen LogP contribution in [0.4, 0.5) is 5.69 Å². The second-order valence-electron chi connectivity index (χ2n) is 5.29. The van der Waals surface area contributed by atoms with Crippen LogP contribution in [-0.4, -0.2) is 21.1 Å². The number of thiocarbonyl (C=S) groups is 1. The third kappa shape index (κ3) is 3.49. The lowest BCUT2D eigenvalue weighted by Crippen LogP contribution is -2.33. The minimum atomic E-state index is -0.301. The van der Waals surface area contributed by atoms with Gasteiger partial charge in [0.25, 0.3) is 0 Å². The molecular weight excluding hydrogens is 350 g/mol. The molecule has 1 aliphatic heterocycles. The largest absolute Gasteiger partial charge is 0.733 e. The second-order valence-corrected chi connectivity index (χ2v) is 6.11. The number of aliphatic imine (C=N–C) groups is 1. The first-order valence-corrected chi connectivity index (χ1v) is 7.85. The van der Waals surface area contributed by atoms with Gasteiger partial charge in [0, 0.05) is 17.0 Å². The average molecular weight is 363 g/mol. The standard InChI is InChI=1S/C16H13ClN3O3S/c17-10-4-5-15(21)12(7-10)14-8-13(18-16(24)19-14)9-2-1-3-11(6-9)20(22)23/h1-7,14,21-22H,8H2,(H,19,24)/q-1. The first-order chi connectivity index (χ1) is 11.4. The number of anilines is 1. The highest BCUT2D eigenvalue weighted by Crippen LogP contribution is 2.32. The highest BCUT2D eigenvalue weighted by molar-refractivity contribution is 7.80. The Balaban J connectivity index is 1.95. The smallest absolute Gasteiger partial charge is 0.193 e. The van der Waals surface area contributed by atoms with Gasteiger partial charge < -0.3 is 20.9 Å². The van der Waals surface area contributed by atoms with Gasteiger partial charge >= 0.3 is 0 Å². The van der Waals surface area contributed by atoms with E-state index in [4.69, 9.17) is 29.0 Å². The number of hydrogen-bond donors (Lipinski definition) is 3. The Morgan fingerprint density at radius 1 is 1.29 bits per heavy atom. The van der Waals surface area contributed by atoms with Crippen molar-refractivity contribution in [2.24, 2.45) is 4.99 Å². The Hall–Kier alpha value is -2.19. The van der Waals surface area contributed by atoms with Crippen molar-refractivity contribution in [2.45, 2.75) is 12.5 Å². The van der Waals surface area contributed by atoms with Crippen LogP contribution in [0.5, 0.6) is 5.75 Å². The third-order valence-electron chi connectivity index (χ3n) is 3.70. The fraction of sp³-hybridized carbons (Fsp3) is 0.125. The Kier molecular flexibility index (Phi) is 4.68. The molecule has 1 atom stereocenters. The Labute approximate surface area is 148 Å². The van der Waals surface area contributed by atoms with Crippen molar-refractivity contribution in [1.29, 1.82) is 0 Å². The molecule has 0 aliphatic carbocycles. The molecule has 3 rings (SSSR count). The highest BCUT2D eigenvalue weighted by atomic mass is 35.5. The van der Waals surface area contributed by atoms with Crippen molar-refractivity contribution >= 4 is 40.3 Å². The summed E-state index contributed by atoms with van der Waals surface area (Å²) in [5.74, 6) is 0.107. The summed E-state index contributed by atoms with van der Waals surface area (Å²) in [6, 6.07) is 10.9.